The monoisotopic (exact) mass is 338 g/mol. The van der Waals surface area contributed by atoms with Crippen LogP contribution in [0.4, 0.5) is 0 Å². The van der Waals surface area contributed by atoms with Crippen LogP contribution in [0.3, 0.4) is 0 Å². The molecule has 0 radical (unpaired) electrons. The van der Waals surface area contributed by atoms with E-state index in [4.69, 9.17) is 9.47 Å². The van der Waals surface area contributed by atoms with Gasteiger partial charge in [-0.2, -0.15) is 5.10 Å². The predicted molar refractivity (Wildman–Crippen MR) is 96.0 cm³/mol. The third-order valence-corrected chi connectivity index (χ3v) is 3.93. The molecule has 2 aromatic rings. The number of nitrogens with one attached hydrogen (secondary N) is 1. The Morgan fingerprint density at radius 2 is 1.61 bits per heavy atom. The number of hydrogen-bond acceptors (Lipinski definition) is 3. The van der Waals surface area contributed by atoms with Gasteiger partial charge in [-0.05, 0) is 62.9 Å². The maximum Gasteiger partial charge on any atom is 0.119 e. The van der Waals surface area contributed by atoms with E-state index in [0.717, 1.165) is 36.6 Å². The molecule has 0 saturated carbocycles. The summed E-state index contributed by atoms with van der Waals surface area (Å²) in [5.41, 5.74) is 3.73. The Balaban J connectivity index is 0.00000264. The summed E-state index contributed by atoms with van der Waals surface area (Å²) in [6.45, 7) is 4.94. The molecular formula is C18H27ClN2O2. The number of aryl methyl sites for hydroxylation is 2. The fraction of sp³-hybridized carbons (Fsp3) is 0.500. The molecule has 0 aliphatic heterocycles. The van der Waals surface area contributed by atoms with Crippen molar-refractivity contribution in [3.05, 3.63) is 41.2 Å². The molecule has 0 spiro atoms. The minimum atomic E-state index is 0. The molecule has 0 saturated heterocycles. The summed E-state index contributed by atoms with van der Waals surface area (Å²) < 4.78 is 10.8. The Labute approximate surface area is 145 Å². The van der Waals surface area contributed by atoms with E-state index in [0.29, 0.717) is 0 Å². The summed E-state index contributed by atoms with van der Waals surface area (Å²) >= 11 is 0. The number of halogens is 1. The maximum atomic E-state index is 5.73. The maximum absolute atomic E-state index is 5.73. The molecule has 0 bridgehead atoms. The van der Waals surface area contributed by atoms with Gasteiger partial charge in [0.1, 0.15) is 11.5 Å². The number of nitrogens with zero attached hydrogens (tertiary/aromatic N) is 1. The molecule has 1 aromatic carbocycles. The number of H-pyrrole nitrogens is 1. The number of aromatic amines is 1. The van der Waals surface area contributed by atoms with Gasteiger partial charge in [0.15, 0.2) is 0 Å². The molecular weight excluding hydrogens is 312 g/mol. The van der Waals surface area contributed by atoms with Crippen LogP contribution in [-0.2, 0) is 6.42 Å². The lowest BCUT2D eigenvalue weighted by molar-refractivity contribution is 0.304. The summed E-state index contributed by atoms with van der Waals surface area (Å²) in [5.74, 6) is 1.77. The largest absolute Gasteiger partial charge is 0.497 e. The topological polar surface area (TPSA) is 47.1 Å². The molecule has 1 N–H and O–H groups in total. The fourth-order valence-corrected chi connectivity index (χ4v) is 2.56. The Bertz CT molecular complexity index is 547. The first-order valence-corrected chi connectivity index (χ1v) is 7.98. The second kappa shape index (κ2) is 10.2. The van der Waals surface area contributed by atoms with E-state index in [-0.39, 0.29) is 12.4 Å². The van der Waals surface area contributed by atoms with Crippen molar-refractivity contribution in [1.82, 2.24) is 10.2 Å². The molecule has 1 heterocycles. The van der Waals surface area contributed by atoms with Gasteiger partial charge >= 0.3 is 0 Å². The third kappa shape index (κ3) is 6.14. The van der Waals surface area contributed by atoms with Crippen molar-refractivity contribution in [2.24, 2.45) is 0 Å². The number of methoxy groups -OCH3 is 1. The second-order valence-corrected chi connectivity index (χ2v) is 5.60. The van der Waals surface area contributed by atoms with Crippen molar-refractivity contribution in [1.29, 1.82) is 0 Å². The van der Waals surface area contributed by atoms with Crippen molar-refractivity contribution < 1.29 is 9.47 Å². The summed E-state index contributed by atoms with van der Waals surface area (Å²) in [6, 6.07) is 7.74. The average Bonchev–Trinajstić information content (AvgIpc) is 2.86. The lowest BCUT2D eigenvalue weighted by Gasteiger charge is -2.07. The zero-order valence-electron chi connectivity index (χ0n) is 14.2. The minimum absolute atomic E-state index is 0. The molecule has 0 fully saturated rings. The van der Waals surface area contributed by atoms with Gasteiger partial charge in [0.05, 0.1) is 19.4 Å². The second-order valence-electron chi connectivity index (χ2n) is 5.60. The van der Waals surface area contributed by atoms with Crippen LogP contribution in [0.25, 0.3) is 0 Å². The van der Waals surface area contributed by atoms with Crippen molar-refractivity contribution in [2.45, 2.75) is 46.0 Å². The van der Waals surface area contributed by atoms with Crippen LogP contribution in [0.2, 0.25) is 0 Å². The van der Waals surface area contributed by atoms with E-state index in [2.05, 4.69) is 24.0 Å². The molecule has 0 aliphatic rings. The molecule has 4 nitrogen and oxygen atoms in total. The van der Waals surface area contributed by atoms with E-state index in [1.54, 1.807) is 7.11 Å². The lowest BCUT2D eigenvalue weighted by Crippen LogP contribution is -1.97. The van der Waals surface area contributed by atoms with Crippen molar-refractivity contribution in [3.8, 4) is 11.5 Å². The highest BCUT2D eigenvalue weighted by Crippen LogP contribution is 2.18. The van der Waals surface area contributed by atoms with Gasteiger partial charge in [-0.1, -0.05) is 12.8 Å². The number of rotatable bonds is 9. The highest BCUT2D eigenvalue weighted by Gasteiger charge is 2.05. The number of unbranched alkanes of at least 4 members (excludes halogenated alkanes) is 3. The number of ether oxygens (including phenoxy) is 2. The molecule has 1 aromatic heterocycles. The summed E-state index contributed by atoms with van der Waals surface area (Å²) in [7, 11) is 1.67. The normalized spacial score (nSPS) is 10.2. The van der Waals surface area contributed by atoms with E-state index >= 15 is 0 Å². The SMILES string of the molecule is COc1ccc(OCCCCCCc2c(C)n[nH]c2C)cc1.Cl. The van der Waals surface area contributed by atoms with Crippen LogP contribution in [-0.4, -0.2) is 23.9 Å². The van der Waals surface area contributed by atoms with Gasteiger partial charge in [0.2, 0.25) is 0 Å². The van der Waals surface area contributed by atoms with Crippen LogP contribution in [0.15, 0.2) is 24.3 Å². The highest BCUT2D eigenvalue weighted by molar-refractivity contribution is 5.85. The van der Waals surface area contributed by atoms with Gasteiger partial charge in [-0.25, -0.2) is 0 Å². The van der Waals surface area contributed by atoms with E-state index in [1.807, 2.05) is 24.3 Å². The van der Waals surface area contributed by atoms with Crippen LogP contribution in [0.1, 0.15) is 42.6 Å². The van der Waals surface area contributed by atoms with Crippen LogP contribution >= 0.6 is 12.4 Å². The standard InChI is InChI=1S/C18H26N2O2.ClH/c1-14-18(15(2)20-19-14)8-6-4-5-7-13-22-17-11-9-16(21-3)10-12-17;/h9-12H,4-8,13H2,1-3H3,(H,19,20);1H. The first-order chi connectivity index (χ1) is 10.7. The summed E-state index contributed by atoms with van der Waals surface area (Å²) in [6.07, 6.45) is 5.86. The van der Waals surface area contributed by atoms with Crippen LogP contribution in [0, 0.1) is 13.8 Å². The molecule has 0 amide bonds. The van der Waals surface area contributed by atoms with Gasteiger partial charge in [-0.3, -0.25) is 5.10 Å². The molecule has 128 valence electrons. The molecule has 5 heteroatoms. The van der Waals surface area contributed by atoms with Crippen molar-refractivity contribution in [2.75, 3.05) is 13.7 Å². The van der Waals surface area contributed by atoms with Gasteiger partial charge in [-0.15, -0.1) is 12.4 Å². The van der Waals surface area contributed by atoms with Gasteiger partial charge in [0, 0.05) is 5.69 Å². The van der Waals surface area contributed by atoms with E-state index < -0.39 is 0 Å². The smallest absolute Gasteiger partial charge is 0.119 e. The van der Waals surface area contributed by atoms with Crippen molar-refractivity contribution in [3.63, 3.8) is 0 Å². The lowest BCUT2D eigenvalue weighted by atomic mass is 10.0. The minimum Gasteiger partial charge on any atom is -0.497 e. The molecule has 0 aliphatic carbocycles. The molecule has 23 heavy (non-hydrogen) atoms. The molecule has 0 atom stereocenters. The summed E-state index contributed by atoms with van der Waals surface area (Å²) in [4.78, 5) is 0. The fourth-order valence-electron chi connectivity index (χ4n) is 2.56. The molecule has 2 rings (SSSR count). The predicted octanol–water partition coefficient (Wildman–Crippen LogP) is 4.64. The zero-order valence-corrected chi connectivity index (χ0v) is 15.0. The van der Waals surface area contributed by atoms with Crippen LogP contribution in [0.5, 0.6) is 11.5 Å². The number of benzene rings is 1. The Morgan fingerprint density at radius 1 is 0.957 bits per heavy atom. The van der Waals surface area contributed by atoms with E-state index in [1.165, 1.54) is 30.5 Å². The third-order valence-electron chi connectivity index (χ3n) is 3.93. The highest BCUT2D eigenvalue weighted by atomic mass is 35.5. The van der Waals surface area contributed by atoms with Crippen molar-refractivity contribution >= 4 is 12.4 Å². The Hall–Kier alpha value is -1.68. The quantitative estimate of drug-likeness (QED) is 0.677. The Morgan fingerprint density at radius 3 is 2.22 bits per heavy atom. The van der Waals surface area contributed by atoms with Crippen LogP contribution < -0.4 is 9.47 Å². The average molecular weight is 339 g/mol. The van der Waals surface area contributed by atoms with Gasteiger partial charge in [0.25, 0.3) is 0 Å². The molecule has 0 unspecified atom stereocenters. The Kier molecular flexibility index (Phi) is 8.56. The van der Waals surface area contributed by atoms with Gasteiger partial charge < -0.3 is 9.47 Å². The number of hydrogen-bond donors (Lipinski definition) is 1. The first-order valence-electron chi connectivity index (χ1n) is 7.98. The number of aromatic nitrogens is 2. The van der Waals surface area contributed by atoms with E-state index in [9.17, 15) is 0 Å². The zero-order chi connectivity index (χ0) is 15.8. The first kappa shape index (κ1) is 19.4. The summed E-state index contributed by atoms with van der Waals surface area (Å²) in [5, 5.41) is 7.28.